The van der Waals surface area contributed by atoms with Crippen LogP contribution in [0.1, 0.15) is 26.5 Å². The number of fused-ring (bicyclic) bond motifs is 1. The molecule has 2 aromatic carbocycles. The summed E-state index contributed by atoms with van der Waals surface area (Å²) in [5.41, 5.74) is 1.74. The maximum Gasteiger partial charge on any atom is 0.228 e. The second-order valence-electron chi connectivity index (χ2n) is 4.22. The van der Waals surface area contributed by atoms with Crippen LogP contribution in [0.2, 0.25) is 0 Å². The summed E-state index contributed by atoms with van der Waals surface area (Å²) in [6, 6.07) is 15.7. The smallest absolute Gasteiger partial charge is 0.228 e. The van der Waals surface area contributed by atoms with Crippen molar-refractivity contribution < 1.29 is 14.0 Å². The number of carbonyl (C=O) groups excluding carboxylic acids is 2. The van der Waals surface area contributed by atoms with E-state index in [0.717, 1.165) is 11.7 Å². The SMILES string of the molecule is O=Cc1ccc2oc(C(=O)c3ccccc3)cc2c1. The van der Waals surface area contributed by atoms with Gasteiger partial charge >= 0.3 is 0 Å². The van der Waals surface area contributed by atoms with Crippen LogP contribution in [-0.2, 0) is 0 Å². The summed E-state index contributed by atoms with van der Waals surface area (Å²) in [6.45, 7) is 0. The third kappa shape index (κ3) is 2.06. The van der Waals surface area contributed by atoms with Crippen molar-refractivity contribution in [3.8, 4) is 0 Å². The Kier molecular flexibility index (Phi) is 2.72. The van der Waals surface area contributed by atoms with Crippen LogP contribution in [0.5, 0.6) is 0 Å². The molecule has 1 aromatic heterocycles. The van der Waals surface area contributed by atoms with Crippen molar-refractivity contribution in [2.75, 3.05) is 0 Å². The Morgan fingerprint density at radius 3 is 2.53 bits per heavy atom. The van der Waals surface area contributed by atoms with Crippen LogP contribution >= 0.6 is 0 Å². The van der Waals surface area contributed by atoms with Crippen LogP contribution in [0, 0.1) is 0 Å². The average Bonchev–Trinajstić information content (AvgIpc) is 2.90. The standard InChI is InChI=1S/C16H10O3/c17-10-11-6-7-14-13(8-11)9-15(19-14)16(18)12-4-2-1-3-5-12/h1-10H. The van der Waals surface area contributed by atoms with E-state index in [2.05, 4.69) is 0 Å². The topological polar surface area (TPSA) is 47.3 Å². The highest BCUT2D eigenvalue weighted by atomic mass is 16.3. The molecular formula is C16H10O3. The van der Waals surface area contributed by atoms with Gasteiger partial charge in [0.1, 0.15) is 11.9 Å². The first-order chi connectivity index (χ1) is 9.28. The normalized spacial score (nSPS) is 10.5. The van der Waals surface area contributed by atoms with E-state index in [9.17, 15) is 9.59 Å². The minimum absolute atomic E-state index is 0.163. The van der Waals surface area contributed by atoms with Crippen molar-refractivity contribution in [3.63, 3.8) is 0 Å². The molecule has 0 aliphatic rings. The molecule has 0 aliphatic heterocycles. The average molecular weight is 250 g/mol. The van der Waals surface area contributed by atoms with Gasteiger partial charge < -0.3 is 4.42 Å². The lowest BCUT2D eigenvalue weighted by Crippen LogP contribution is -1.98. The molecule has 0 amide bonds. The highest BCUT2D eigenvalue weighted by Crippen LogP contribution is 2.22. The summed E-state index contributed by atoms with van der Waals surface area (Å²) in [4.78, 5) is 22.9. The summed E-state index contributed by atoms with van der Waals surface area (Å²) in [5, 5.41) is 0.754. The minimum Gasteiger partial charge on any atom is -0.453 e. The van der Waals surface area contributed by atoms with Gasteiger partial charge in [-0.3, -0.25) is 9.59 Å². The van der Waals surface area contributed by atoms with E-state index in [1.54, 1.807) is 48.5 Å². The molecule has 0 aliphatic carbocycles. The third-order valence-electron chi connectivity index (χ3n) is 2.94. The highest BCUT2D eigenvalue weighted by Gasteiger charge is 2.14. The Labute approximate surface area is 109 Å². The van der Waals surface area contributed by atoms with E-state index in [0.29, 0.717) is 16.7 Å². The number of benzene rings is 2. The van der Waals surface area contributed by atoms with Gasteiger partial charge in [0.05, 0.1) is 0 Å². The van der Waals surface area contributed by atoms with Crippen molar-refractivity contribution in [3.05, 3.63) is 71.5 Å². The zero-order valence-electron chi connectivity index (χ0n) is 10.00. The van der Waals surface area contributed by atoms with Gasteiger partial charge in [-0.1, -0.05) is 30.3 Å². The molecule has 0 bridgehead atoms. The monoisotopic (exact) mass is 250 g/mol. The zero-order valence-corrected chi connectivity index (χ0v) is 10.00. The predicted molar refractivity (Wildman–Crippen MR) is 71.5 cm³/mol. The number of ketones is 1. The molecule has 0 saturated carbocycles. The summed E-state index contributed by atoms with van der Waals surface area (Å²) in [6.07, 6.45) is 0.769. The van der Waals surface area contributed by atoms with E-state index in [1.165, 1.54) is 0 Å². The van der Waals surface area contributed by atoms with E-state index in [-0.39, 0.29) is 11.5 Å². The summed E-state index contributed by atoms with van der Waals surface area (Å²) < 4.78 is 5.52. The van der Waals surface area contributed by atoms with Crippen LogP contribution in [0.25, 0.3) is 11.0 Å². The summed E-state index contributed by atoms with van der Waals surface area (Å²) >= 11 is 0. The molecule has 0 saturated heterocycles. The molecule has 3 nitrogen and oxygen atoms in total. The van der Waals surface area contributed by atoms with Crippen molar-refractivity contribution in [1.82, 2.24) is 0 Å². The molecule has 19 heavy (non-hydrogen) atoms. The van der Waals surface area contributed by atoms with Crippen LogP contribution < -0.4 is 0 Å². The maximum atomic E-state index is 12.2. The van der Waals surface area contributed by atoms with E-state index < -0.39 is 0 Å². The Morgan fingerprint density at radius 2 is 1.79 bits per heavy atom. The fourth-order valence-corrected chi connectivity index (χ4v) is 1.98. The lowest BCUT2D eigenvalue weighted by Gasteiger charge is -1.95. The predicted octanol–water partition coefficient (Wildman–Crippen LogP) is 3.48. The fourth-order valence-electron chi connectivity index (χ4n) is 1.98. The van der Waals surface area contributed by atoms with Gasteiger partial charge in [0.2, 0.25) is 5.78 Å². The number of hydrogen-bond donors (Lipinski definition) is 0. The van der Waals surface area contributed by atoms with Gasteiger partial charge in [-0.25, -0.2) is 0 Å². The Hall–Kier alpha value is -2.68. The number of furan rings is 1. The van der Waals surface area contributed by atoms with Gasteiger partial charge in [0.15, 0.2) is 5.76 Å². The molecule has 0 N–H and O–H groups in total. The number of hydrogen-bond acceptors (Lipinski definition) is 3. The molecule has 0 unspecified atom stereocenters. The van der Waals surface area contributed by atoms with E-state index in [4.69, 9.17) is 4.42 Å². The quantitative estimate of drug-likeness (QED) is 0.528. The number of carbonyl (C=O) groups is 2. The van der Waals surface area contributed by atoms with Crippen LogP contribution in [0.15, 0.2) is 59.0 Å². The lowest BCUT2D eigenvalue weighted by molar-refractivity contribution is 0.101. The van der Waals surface area contributed by atoms with Crippen molar-refractivity contribution >= 4 is 23.0 Å². The summed E-state index contributed by atoms with van der Waals surface area (Å²) in [5.74, 6) is 0.119. The molecule has 0 radical (unpaired) electrons. The van der Waals surface area contributed by atoms with Gasteiger partial charge in [0.25, 0.3) is 0 Å². The third-order valence-corrected chi connectivity index (χ3v) is 2.94. The number of rotatable bonds is 3. The molecule has 0 spiro atoms. The minimum atomic E-state index is -0.163. The molecule has 3 heteroatoms. The Bertz CT molecular complexity index is 754. The van der Waals surface area contributed by atoms with E-state index in [1.807, 2.05) is 6.07 Å². The summed E-state index contributed by atoms with van der Waals surface area (Å²) in [7, 11) is 0. The lowest BCUT2D eigenvalue weighted by atomic mass is 10.1. The van der Waals surface area contributed by atoms with Crippen LogP contribution in [-0.4, -0.2) is 12.1 Å². The maximum absolute atomic E-state index is 12.2. The van der Waals surface area contributed by atoms with E-state index >= 15 is 0 Å². The van der Waals surface area contributed by atoms with Crippen molar-refractivity contribution in [2.45, 2.75) is 0 Å². The van der Waals surface area contributed by atoms with Gasteiger partial charge in [0, 0.05) is 16.5 Å². The van der Waals surface area contributed by atoms with Crippen LogP contribution in [0.3, 0.4) is 0 Å². The van der Waals surface area contributed by atoms with Crippen molar-refractivity contribution in [1.29, 1.82) is 0 Å². The molecule has 92 valence electrons. The van der Waals surface area contributed by atoms with Gasteiger partial charge in [-0.05, 0) is 24.3 Å². The molecule has 3 aromatic rings. The Balaban J connectivity index is 2.06. The molecule has 0 fully saturated rings. The first-order valence-electron chi connectivity index (χ1n) is 5.86. The first kappa shape index (κ1) is 11.4. The first-order valence-corrected chi connectivity index (χ1v) is 5.86. The number of aldehydes is 1. The zero-order chi connectivity index (χ0) is 13.2. The van der Waals surface area contributed by atoms with Crippen molar-refractivity contribution in [2.24, 2.45) is 0 Å². The van der Waals surface area contributed by atoms with Gasteiger partial charge in [-0.15, -0.1) is 0 Å². The van der Waals surface area contributed by atoms with Crippen LogP contribution in [0.4, 0.5) is 0 Å². The molecule has 3 rings (SSSR count). The molecule has 0 atom stereocenters. The second-order valence-corrected chi connectivity index (χ2v) is 4.22. The van der Waals surface area contributed by atoms with Gasteiger partial charge in [-0.2, -0.15) is 0 Å². The largest absolute Gasteiger partial charge is 0.453 e. The fraction of sp³-hybridized carbons (Fsp3) is 0. The molecular weight excluding hydrogens is 240 g/mol. The highest BCUT2D eigenvalue weighted by molar-refractivity contribution is 6.09. The molecule has 1 heterocycles. The Morgan fingerprint density at radius 1 is 1.00 bits per heavy atom. The second kappa shape index (κ2) is 4.53.